The lowest BCUT2D eigenvalue weighted by molar-refractivity contribution is 1.35. The Morgan fingerprint density at radius 3 is 2.86 bits per heavy atom. The molecule has 1 radical (unpaired) electrons. The second-order valence-electron chi connectivity index (χ2n) is 0.983. The molecule has 0 atom stereocenters. The van der Waals surface area contributed by atoms with Gasteiger partial charge in [0.2, 0.25) is 0 Å². The molecule has 0 aliphatic heterocycles. The summed E-state index contributed by atoms with van der Waals surface area (Å²) in [5, 5.41) is 7.94. The Kier molecular flexibility index (Phi) is 4.24. The van der Waals surface area contributed by atoms with Crippen molar-refractivity contribution < 1.29 is 0 Å². The van der Waals surface area contributed by atoms with E-state index >= 15 is 0 Å². The lowest BCUT2D eigenvalue weighted by atomic mass is 10.4. The number of allylic oxidation sites excluding steroid dienone is 3. The Labute approximate surface area is 43.6 Å². The number of hydrogen-bond donors (Lipinski definition) is 0. The molecule has 0 bridgehead atoms. The van der Waals surface area contributed by atoms with E-state index in [4.69, 9.17) is 11.8 Å². The predicted molar refractivity (Wildman–Crippen MR) is 28.2 cm³/mol. The molecule has 35 valence electrons. The first-order valence-electron chi connectivity index (χ1n) is 1.99. The third-order valence-electron chi connectivity index (χ3n) is 0.456. The first kappa shape index (κ1) is 5.97. The number of nitriles is 1. The molecule has 0 amide bonds. The van der Waals surface area contributed by atoms with Gasteiger partial charge in [0, 0.05) is 0 Å². The van der Waals surface area contributed by atoms with Crippen molar-refractivity contribution in [1.29, 1.82) is 5.26 Å². The van der Waals surface area contributed by atoms with Crippen LogP contribution in [-0.2, 0) is 0 Å². The molecule has 0 fully saturated rings. The molecule has 0 N–H and O–H groups in total. The van der Waals surface area contributed by atoms with Gasteiger partial charge in [-0.05, 0) is 0 Å². The Balaban J connectivity index is 3.13. The summed E-state index contributed by atoms with van der Waals surface area (Å²) in [5.41, 5.74) is 0. The van der Waals surface area contributed by atoms with Gasteiger partial charge in [-0.1, -0.05) is 24.8 Å². The van der Waals surface area contributed by atoms with Crippen LogP contribution in [0.3, 0.4) is 0 Å². The van der Waals surface area contributed by atoms with E-state index in [0.717, 1.165) is 0 Å². The van der Waals surface area contributed by atoms with Crippen molar-refractivity contribution in [2.75, 3.05) is 0 Å². The zero-order chi connectivity index (χ0) is 5.54. The zero-order valence-corrected chi connectivity index (χ0v) is 3.96. The minimum Gasteiger partial charge on any atom is -0.198 e. The van der Waals surface area contributed by atoms with Gasteiger partial charge in [-0.25, -0.2) is 0 Å². The third-order valence-corrected chi connectivity index (χ3v) is 0.456. The topological polar surface area (TPSA) is 23.8 Å². The quantitative estimate of drug-likeness (QED) is 0.473. The van der Waals surface area contributed by atoms with Crippen LogP contribution in [0.2, 0.25) is 0 Å². The molecule has 0 aromatic carbocycles. The van der Waals surface area contributed by atoms with E-state index in [1.807, 2.05) is 6.07 Å². The highest BCUT2D eigenvalue weighted by Gasteiger charge is 1.63. The van der Waals surface area contributed by atoms with Crippen molar-refractivity contribution in [3.63, 3.8) is 0 Å². The first-order valence-corrected chi connectivity index (χ1v) is 1.99. The van der Waals surface area contributed by atoms with E-state index in [1.165, 1.54) is 6.08 Å². The highest BCUT2D eigenvalue weighted by atomic mass is 14.2. The van der Waals surface area contributed by atoms with Gasteiger partial charge in [0.25, 0.3) is 0 Å². The molecule has 0 aliphatic carbocycles. The molecular formula is C6H6N. The van der Waals surface area contributed by atoms with Crippen LogP contribution >= 0.6 is 0 Å². The second kappa shape index (κ2) is 4.97. The van der Waals surface area contributed by atoms with Gasteiger partial charge >= 0.3 is 0 Å². The summed E-state index contributed by atoms with van der Waals surface area (Å²) in [4.78, 5) is 0. The molecule has 0 aliphatic rings. The van der Waals surface area contributed by atoms with E-state index in [9.17, 15) is 0 Å². The van der Waals surface area contributed by atoms with Crippen LogP contribution < -0.4 is 0 Å². The Morgan fingerprint density at radius 1 is 1.71 bits per heavy atom. The number of nitrogens with zero attached hydrogens (tertiary/aromatic N) is 1. The van der Waals surface area contributed by atoms with Crippen molar-refractivity contribution in [3.8, 4) is 6.07 Å². The van der Waals surface area contributed by atoms with E-state index < -0.39 is 0 Å². The van der Waals surface area contributed by atoms with Crippen LogP contribution in [0.1, 0.15) is 6.42 Å². The molecule has 7 heavy (non-hydrogen) atoms. The maximum Gasteiger partial charge on any atom is 0.0663 e. The fourth-order valence-electron chi connectivity index (χ4n) is 0.199. The predicted octanol–water partition coefficient (Wildman–Crippen LogP) is 1.45. The fourth-order valence-corrected chi connectivity index (χ4v) is 0.199. The van der Waals surface area contributed by atoms with Crippen molar-refractivity contribution in [2.24, 2.45) is 0 Å². The normalized spacial score (nSPS) is 8.43. The summed E-state index contributed by atoms with van der Waals surface area (Å²) in [6.45, 7) is 4.95. The molecule has 0 saturated heterocycles. The number of rotatable bonds is 2. The van der Waals surface area contributed by atoms with E-state index in [2.05, 4.69) is 0 Å². The summed E-state index contributed by atoms with van der Waals surface area (Å²) < 4.78 is 0. The van der Waals surface area contributed by atoms with Crippen LogP contribution in [-0.4, -0.2) is 0 Å². The smallest absolute Gasteiger partial charge is 0.0663 e. The van der Waals surface area contributed by atoms with Gasteiger partial charge in [-0.2, -0.15) is 5.26 Å². The minimum atomic E-state index is 0.438. The molecule has 1 heteroatoms. The van der Waals surface area contributed by atoms with Gasteiger partial charge in [0.05, 0.1) is 12.5 Å². The molecule has 0 heterocycles. The lowest BCUT2D eigenvalue weighted by Gasteiger charge is -1.65. The summed E-state index contributed by atoms with van der Waals surface area (Å²) >= 11 is 0. The summed E-state index contributed by atoms with van der Waals surface area (Å²) in [7, 11) is 0. The first-order chi connectivity index (χ1) is 3.41. The van der Waals surface area contributed by atoms with Crippen LogP contribution in [0.4, 0.5) is 0 Å². The minimum absolute atomic E-state index is 0.438. The molecule has 0 saturated carbocycles. The molecule has 0 unspecified atom stereocenters. The summed E-state index contributed by atoms with van der Waals surface area (Å²) in [6, 6.07) is 1.94. The Hall–Kier alpha value is -1.03. The van der Waals surface area contributed by atoms with Crippen LogP contribution in [0.15, 0.2) is 18.2 Å². The van der Waals surface area contributed by atoms with Gasteiger partial charge in [0.1, 0.15) is 0 Å². The van der Waals surface area contributed by atoms with E-state index in [0.29, 0.717) is 6.42 Å². The largest absolute Gasteiger partial charge is 0.198 e. The molecular weight excluding hydrogens is 86.1 g/mol. The average molecular weight is 92.1 g/mol. The van der Waals surface area contributed by atoms with Crippen molar-refractivity contribution in [1.82, 2.24) is 0 Å². The van der Waals surface area contributed by atoms with Crippen LogP contribution in [0.5, 0.6) is 0 Å². The highest BCUT2D eigenvalue weighted by Crippen LogP contribution is 1.77. The molecule has 0 aromatic rings. The lowest BCUT2D eigenvalue weighted by Crippen LogP contribution is -1.51. The summed E-state index contributed by atoms with van der Waals surface area (Å²) in [6.07, 6.45) is 5.17. The van der Waals surface area contributed by atoms with Crippen LogP contribution in [0.25, 0.3) is 0 Å². The van der Waals surface area contributed by atoms with Crippen molar-refractivity contribution >= 4 is 0 Å². The summed E-state index contributed by atoms with van der Waals surface area (Å²) in [5.74, 6) is 0. The van der Waals surface area contributed by atoms with Crippen molar-refractivity contribution in [3.05, 3.63) is 24.8 Å². The maximum atomic E-state index is 7.94. The maximum absolute atomic E-state index is 7.94. The van der Waals surface area contributed by atoms with E-state index in [-0.39, 0.29) is 0 Å². The molecule has 0 rings (SSSR count). The Bertz CT molecular complexity index is 106. The molecule has 0 spiro atoms. The monoisotopic (exact) mass is 92.1 g/mol. The molecule has 0 aromatic heterocycles. The van der Waals surface area contributed by atoms with Crippen LogP contribution in [0, 0.1) is 17.9 Å². The second-order valence-corrected chi connectivity index (χ2v) is 0.983. The van der Waals surface area contributed by atoms with Gasteiger partial charge in [-0.3, -0.25) is 0 Å². The third kappa shape index (κ3) is 4.97. The zero-order valence-electron chi connectivity index (χ0n) is 3.96. The standard InChI is InChI=1S/C6H6N/c1-2-3-4-5-6-7/h1-4H,5H2. The average Bonchev–Trinajstić information content (AvgIpc) is 1.69. The molecule has 1 nitrogen and oxygen atoms in total. The van der Waals surface area contributed by atoms with Gasteiger partial charge < -0.3 is 0 Å². The van der Waals surface area contributed by atoms with Gasteiger partial charge in [-0.15, -0.1) is 0 Å². The number of hydrogen-bond acceptors (Lipinski definition) is 1. The Morgan fingerprint density at radius 2 is 2.43 bits per heavy atom. The van der Waals surface area contributed by atoms with Gasteiger partial charge in [0.15, 0.2) is 0 Å². The van der Waals surface area contributed by atoms with E-state index in [1.54, 1.807) is 12.2 Å². The highest BCUT2D eigenvalue weighted by molar-refractivity contribution is 4.99. The van der Waals surface area contributed by atoms with Crippen molar-refractivity contribution in [2.45, 2.75) is 6.42 Å². The SMILES string of the molecule is [CH]=CC=CCC#N. The fraction of sp³-hybridized carbons (Fsp3) is 0.167.